The van der Waals surface area contributed by atoms with Crippen molar-refractivity contribution in [2.24, 2.45) is 0 Å². The Hall–Kier alpha value is -1.02. The van der Waals surface area contributed by atoms with Gasteiger partial charge < -0.3 is 5.32 Å². The Morgan fingerprint density at radius 1 is 1.24 bits per heavy atom. The van der Waals surface area contributed by atoms with Crippen LogP contribution in [0, 0.1) is 6.92 Å². The van der Waals surface area contributed by atoms with E-state index in [9.17, 15) is 0 Å². The lowest BCUT2D eigenvalue weighted by Crippen LogP contribution is -2.40. The molecule has 2 rings (SSSR count). The van der Waals surface area contributed by atoms with Gasteiger partial charge in [0.15, 0.2) is 0 Å². The van der Waals surface area contributed by atoms with Crippen molar-refractivity contribution in [2.45, 2.75) is 39.2 Å². The molecule has 1 heterocycles. The lowest BCUT2D eigenvalue weighted by molar-refractivity contribution is 0.182. The summed E-state index contributed by atoms with van der Waals surface area (Å²) in [5.74, 6) is 0. The molecule has 0 radical (unpaired) electrons. The van der Waals surface area contributed by atoms with E-state index in [0.717, 1.165) is 13.1 Å². The molecule has 0 amide bonds. The first-order valence-electron chi connectivity index (χ1n) is 6.63. The average molecular weight is 232 g/mol. The minimum Gasteiger partial charge on any atom is -0.384 e. The molecule has 0 atom stereocenters. The van der Waals surface area contributed by atoms with Gasteiger partial charge in [0.25, 0.3) is 0 Å². The van der Waals surface area contributed by atoms with Crippen LogP contribution >= 0.6 is 0 Å². The summed E-state index contributed by atoms with van der Waals surface area (Å²) in [6.07, 6.45) is 2.68. The van der Waals surface area contributed by atoms with Crippen molar-refractivity contribution in [3.8, 4) is 0 Å². The van der Waals surface area contributed by atoms with E-state index in [2.05, 4.69) is 55.3 Å². The number of nitrogens with zero attached hydrogens (tertiary/aromatic N) is 1. The Labute approximate surface area is 105 Å². The van der Waals surface area contributed by atoms with Gasteiger partial charge in [-0.3, -0.25) is 4.90 Å². The summed E-state index contributed by atoms with van der Waals surface area (Å²) in [6.45, 7) is 10.3. The van der Waals surface area contributed by atoms with Crippen LogP contribution in [0.2, 0.25) is 0 Å². The second kappa shape index (κ2) is 5.09. The number of nitrogens with one attached hydrogen (secondary N) is 1. The number of benzene rings is 1. The zero-order chi connectivity index (χ0) is 12.3. The van der Waals surface area contributed by atoms with Crippen molar-refractivity contribution in [1.29, 1.82) is 0 Å². The SMILES string of the molecule is Cc1ccc(NCCN2CCCC2(C)C)cc1. The highest BCUT2D eigenvalue weighted by atomic mass is 15.2. The summed E-state index contributed by atoms with van der Waals surface area (Å²) in [7, 11) is 0. The van der Waals surface area contributed by atoms with Gasteiger partial charge in [-0.05, 0) is 52.3 Å². The minimum atomic E-state index is 0.398. The van der Waals surface area contributed by atoms with Gasteiger partial charge >= 0.3 is 0 Å². The molecule has 1 saturated heterocycles. The number of hydrogen-bond donors (Lipinski definition) is 1. The third-order valence-corrected chi connectivity index (χ3v) is 3.84. The molecule has 1 aliphatic heterocycles. The Morgan fingerprint density at radius 3 is 2.53 bits per heavy atom. The van der Waals surface area contributed by atoms with Crippen molar-refractivity contribution in [3.05, 3.63) is 29.8 Å². The first-order valence-corrected chi connectivity index (χ1v) is 6.63. The Morgan fingerprint density at radius 2 is 1.94 bits per heavy atom. The van der Waals surface area contributed by atoms with E-state index in [1.165, 1.54) is 30.6 Å². The molecule has 2 nitrogen and oxygen atoms in total. The molecule has 1 aromatic carbocycles. The summed E-state index contributed by atoms with van der Waals surface area (Å²) in [4.78, 5) is 2.59. The van der Waals surface area contributed by atoms with Crippen LogP contribution in [0.4, 0.5) is 5.69 Å². The molecular weight excluding hydrogens is 208 g/mol. The largest absolute Gasteiger partial charge is 0.384 e. The van der Waals surface area contributed by atoms with Gasteiger partial charge in [0.1, 0.15) is 0 Å². The Balaban J connectivity index is 1.78. The zero-order valence-corrected chi connectivity index (χ0v) is 11.3. The molecule has 1 aliphatic rings. The molecular formula is C15H24N2. The normalized spacial score (nSPS) is 19.5. The molecule has 2 heteroatoms. The van der Waals surface area contributed by atoms with E-state index in [0.29, 0.717) is 5.54 Å². The molecule has 94 valence electrons. The van der Waals surface area contributed by atoms with Gasteiger partial charge in [-0.1, -0.05) is 17.7 Å². The van der Waals surface area contributed by atoms with Crippen LogP contribution in [-0.4, -0.2) is 30.1 Å². The van der Waals surface area contributed by atoms with Gasteiger partial charge in [0.05, 0.1) is 0 Å². The van der Waals surface area contributed by atoms with Crippen molar-refractivity contribution in [3.63, 3.8) is 0 Å². The van der Waals surface area contributed by atoms with Crippen LogP contribution in [-0.2, 0) is 0 Å². The van der Waals surface area contributed by atoms with Crippen LogP contribution in [0.25, 0.3) is 0 Å². The smallest absolute Gasteiger partial charge is 0.0340 e. The van der Waals surface area contributed by atoms with Crippen molar-refractivity contribution < 1.29 is 0 Å². The summed E-state index contributed by atoms with van der Waals surface area (Å²) in [6, 6.07) is 8.62. The first kappa shape index (κ1) is 12.4. The minimum absolute atomic E-state index is 0.398. The van der Waals surface area contributed by atoms with Crippen molar-refractivity contribution in [1.82, 2.24) is 4.90 Å². The molecule has 0 bridgehead atoms. The van der Waals surface area contributed by atoms with Gasteiger partial charge in [-0.25, -0.2) is 0 Å². The zero-order valence-electron chi connectivity index (χ0n) is 11.3. The van der Waals surface area contributed by atoms with E-state index in [1.54, 1.807) is 0 Å². The Bertz CT molecular complexity index is 354. The maximum atomic E-state index is 3.49. The fourth-order valence-corrected chi connectivity index (χ4v) is 2.58. The van der Waals surface area contributed by atoms with E-state index >= 15 is 0 Å². The lowest BCUT2D eigenvalue weighted by Gasteiger charge is -2.31. The highest BCUT2D eigenvalue weighted by Crippen LogP contribution is 2.27. The molecule has 1 N–H and O–H groups in total. The third kappa shape index (κ3) is 3.22. The fraction of sp³-hybridized carbons (Fsp3) is 0.600. The predicted molar refractivity (Wildman–Crippen MR) is 74.6 cm³/mol. The highest BCUT2D eigenvalue weighted by Gasteiger charge is 2.30. The van der Waals surface area contributed by atoms with Gasteiger partial charge in [-0.15, -0.1) is 0 Å². The molecule has 0 aliphatic carbocycles. The molecule has 0 unspecified atom stereocenters. The molecule has 1 fully saturated rings. The van der Waals surface area contributed by atoms with Crippen LogP contribution in [0.5, 0.6) is 0 Å². The number of rotatable bonds is 4. The monoisotopic (exact) mass is 232 g/mol. The average Bonchev–Trinajstić information content (AvgIpc) is 2.61. The number of aryl methyl sites for hydroxylation is 1. The molecule has 1 aromatic rings. The number of likely N-dealkylation sites (tertiary alicyclic amines) is 1. The maximum absolute atomic E-state index is 3.49. The first-order chi connectivity index (χ1) is 8.08. The third-order valence-electron chi connectivity index (χ3n) is 3.84. The van der Waals surface area contributed by atoms with Gasteiger partial charge in [0, 0.05) is 24.3 Å². The lowest BCUT2D eigenvalue weighted by atomic mass is 10.0. The summed E-state index contributed by atoms with van der Waals surface area (Å²) in [5, 5.41) is 3.49. The number of anilines is 1. The summed E-state index contributed by atoms with van der Waals surface area (Å²) >= 11 is 0. The Kier molecular flexibility index (Phi) is 3.72. The maximum Gasteiger partial charge on any atom is 0.0340 e. The van der Waals surface area contributed by atoms with E-state index < -0.39 is 0 Å². The van der Waals surface area contributed by atoms with Crippen LogP contribution in [0.1, 0.15) is 32.3 Å². The highest BCUT2D eigenvalue weighted by molar-refractivity contribution is 5.44. The predicted octanol–water partition coefficient (Wildman–Crippen LogP) is 3.28. The van der Waals surface area contributed by atoms with E-state index in [-0.39, 0.29) is 0 Å². The van der Waals surface area contributed by atoms with Crippen molar-refractivity contribution in [2.75, 3.05) is 25.0 Å². The summed E-state index contributed by atoms with van der Waals surface area (Å²) < 4.78 is 0. The quantitative estimate of drug-likeness (QED) is 0.857. The molecule has 0 aromatic heterocycles. The van der Waals surface area contributed by atoms with Crippen LogP contribution in [0.3, 0.4) is 0 Å². The van der Waals surface area contributed by atoms with Crippen LogP contribution in [0.15, 0.2) is 24.3 Å². The molecule has 0 saturated carbocycles. The second-order valence-electron chi connectivity index (χ2n) is 5.70. The standard InChI is InChI=1S/C15H24N2/c1-13-5-7-14(8-6-13)16-10-12-17-11-4-9-15(17,2)3/h5-8,16H,4,9-12H2,1-3H3. The van der Waals surface area contributed by atoms with Gasteiger partial charge in [0.2, 0.25) is 0 Å². The van der Waals surface area contributed by atoms with Crippen molar-refractivity contribution >= 4 is 5.69 Å². The van der Waals surface area contributed by atoms with E-state index in [4.69, 9.17) is 0 Å². The molecule has 0 spiro atoms. The summed E-state index contributed by atoms with van der Waals surface area (Å²) in [5.41, 5.74) is 2.94. The van der Waals surface area contributed by atoms with Gasteiger partial charge in [-0.2, -0.15) is 0 Å². The topological polar surface area (TPSA) is 15.3 Å². The van der Waals surface area contributed by atoms with Crippen LogP contribution < -0.4 is 5.32 Å². The fourth-order valence-electron chi connectivity index (χ4n) is 2.58. The number of hydrogen-bond acceptors (Lipinski definition) is 2. The molecule has 17 heavy (non-hydrogen) atoms. The second-order valence-corrected chi connectivity index (χ2v) is 5.70. The van der Waals surface area contributed by atoms with E-state index in [1.807, 2.05) is 0 Å².